The van der Waals surface area contributed by atoms with Crippen LogP contribution in [0, 0.1) is 5.92 Å². The molecule has 0 spiro atoms. The summed E-state index contributed by atoms with van der Waals surface area (Å²) in [6.45, 7) is 5.82. The van der Waals surface area contributed by atoms with Crippen LogP contribution in [0.1, 0.15) is 25.3 Å². The van der Waals surface area contributed by atoms with Crippen molar-refractivity contribution in [2.75, 3.05) is 26.3 Å². The number of nitrogens with two attached hydrogens (primary N) is 1. The van der Waals surface area contributed by atoms with Crippen molar-refractivity contribution >= 4 is 41.5 Å². The van der Waals surface area contributed by atoms with E-state index in [1.807, 2.05) is 12.1 Å². The zero-order chi connectivity index (χ0) is 15.5. The van der Waals surface area contributed by atoms with Crippen LogP contribution >= 0.6 is 35.6 Å². The maximum absolute atomic E-state index is 6.23. The maximum atomic E-state index is 6.23. The number of aliphatic imine (C=N–C) groups is 1. The molecule has 2 aliphatic heterocycles. The Morgan fingerprint density at radius 3 is 2.74 bits per heavy atom. The highest BCUT2D eigenvalue weighted by Crippen LogP contribution is 2.38. The highest BCUT2D eigenvalue weighted by atomic mass is 127. The molecule has 3 rings (SSSR count). The van der Waals surface area contributed by atoms with Gasteiger partial charge in [-0.3, -0.25) is 0 Å². The van der Waals surface area contributed by atoms with Crippen LogP contribution in [0.15, 0.2) is 17.1 Å². The monoisotopic (exact) mass is 451 g/mol. The van der Waals surface area contributed by atoms with Crippen molar-refractivity contribution in [3.05, 3.63) is 22.7 Å². The number of rotatable bonds is 2. The van der Waals surface area contributed by atoms with Crippen molar-refractivity contribution in [3.63, 3.8) is 0 Å². The van der Waals surface area contributed by atoms with Gasteiger partial charge in [0.2, 0.25) is 0 Å². The topological polar surface area (TPSA) is 60.1 Å². The minimum Gasteiger partial charge on any atom is -0.486 e. The molecule has 2 heterocycles. The molecule has 7 heteroatoms. The van der Waals surface area contributed by atoms with Crippen molar-refractivity contribution in [1.29, 1.82) is 0 Å². The Bertz CT molecular complexity index is 575. The molecule has 2 aliphatic rings. The first-order chi connectivity index (χ1) is 10.6. The number of nitrogens with zero attached hydrogens (tertiary/aromatic N) is 2. The lowest BCUT2D eigenvalue weighted by atomic mass is 10.00. The molecule has 0 unspecified atom stereocenters. The van der Waals surface area contributed by atoms with Gasteiger partial charge in [-0.25, -0.2) is 4.99 Å². The van der Waals surface area contributed by atoms with Gasteiger partial charge in [0.05, 0.1) is 11.6 Å². The molecule has 0 atom stereocenters. The highest BCUT2D eigenvalue weighted by molar-refractivity contribution is 14.0. The molecule has 1 saturated heterocycles. The summed E-state index contributed by atoms with van der Waals surface area (Å²) in [6.07, 6.45) is 2.35. The van der Waals surface area contributed by atoms with Crippen molar-refractivity contribution in [2.24, 2.45) is 16.6 Å². The van der Waals surface area contributed by atoms with Gasteiger partial charge in [-0.05, 0) is 36.5 Å². The lowest BCUT2D eigenvalue weighted by Crippen LogP contribution is -2.42. The molecule has 128 valence electrons. The summed E-state index contributed by atoms with van der Waals surface area (Å²) in [5.74, 6) is 2.70. The van der Waals surface area contributed by atoms with Crippen LogP contribution in [-0.4, -0.2) is 37.2 Å². The number of guanidine groups is 1. The van der Waals surface area contributed by atoms with Gasteiger partial charge in [0.25, 0.3) is 0 Å². The first kappa shape index (κ1) is 18.4. The first-order valence-corrected chi connectivity index (χ1v) is 8.14. The predicted octanol–water partition coefficient (Wildman–Crippen LogP) is 3.28. The molecule has 23 heavy (non-hydrogen) atoms. The Labute approximate surface area is 159 Å². The van der Waals surface area contributed by atoms with Gasteiger partial charge >= 0.3 is 0 Å². The van der Waals surface area contributed by atoms with E-state index in [0.29, 0.717) is 42.2 Å². The van der Waals surface area contributed by atoms with Crippen molar-refractivity contribution < 1.29 is 9.47 Å². The molecule has 5 nitrogen and oxygen atoms in total. The van der Waals surface area contributed by atoms with Gasteiger partial charge in [0.15, 0.2) is 17.5 Å². The van der Waals surface area contributed by atoms with Crippen molar-refractivity contribution in [1.82, 2.24) is 4.90 Å². The molecule has 0 aliphatic carbocycles. The van der Waals surface area contributed by atoms with Crippen LogP contribution in [0.25, 0.3) is 0 Å². The van der Waals surface area contributed by atoms with Crippen LogP contribution in [0.3, 0.4) is 0 Å². The van der Waals surface area contributed by atoms with Crippen molar-refractivity contribution in [2.45, 2.75) is 26.3 Å². The Kier molecular flexibility index (Phi) is 6.64. The second-order valence-corrected chi connectivity index (χ2v) is 6.35. The third-order valence-electron chi connectivity index (χ3n) is 4.19. The SMILES string of the molecule is CC1CCN(C(N)=NCc2cc(Cl)c3c(c2)OCCO3)CC1.I. The van der Waals surface area contributed by atoms with Crippen LogP contribution in [0.5, 0.6) is 11.5 Å². The molecular formula is C16H23ClIN3O2. The maximum Gasteiger partial charge on any atom is 0.191 e. The van der Waals surface area contributed by atoms with E-state index < -0.39 is 0 Å². The Morgan fingerprint density at radius 2 is 2.00 bits per heavy atom. The van der Waals surface area contributed by atoms with Crippen LogP contribution < -0.4 is 15.2 Å². The number of benzene rings is 1. The molecule has 0 bridgehead atoms. The Morgan fingerprint density at radius 1 is 1.30 bits per heavy atom. The van der Waals surface area contributed by atoms with Gasteiger partial charge < -0.3 is 20.1 Å². The first-order valence-electron chi connectivity index (χ1n) is 7.76. The normalized spacial score (nSPS) is 18.5. The van der Waals surface area contributed by atoms with Gasteiger partial charge in [-0.15, -0.1) is 24.0 Å². The minimum atomic E-state index is 0. The molecule has 1 fully saturated rings. The van der Waals surface area contributed by atoms with E-state index in [4.69, 9.17) is 26.8 Å². The van der Waals surface area contributed by atoms with E-state index in [-0.39, 0.29) is 24.0 Å². The summed E-state index contributed by atoms with van der Waals surface area (Å²) >= 11 is 6.23. The van der Waals surface area contributed by atoms with E-state index in [1.54, 1.807) is 0 Å². The number of halogens is 2. The molecule has 0 aromatic heterocycles. The number of piperidine rings is 1. The zero-order valence-corrected chi connectivity index (χ0v) is 16.3. The fourth-order valence-corrected chi connectivity index (χ4v) is 3.05. The minimum absolute atomic E-state index is 0. The molecule has 1 aromatic rings. The fourth-order valence-electron chi connectivity index (χ4n) is 2.77. The average Bonchev–Trinajstić information content (AvgIpc) is 2.53. The Balaban J connectivity index is 0.00000192. The van der Waals surface area contributed by atoms with Crippen molar-refractivity contribution in [3.8, 4) is 11.5 Å². The third kappa shape index (κ3) is 4.56. The van der Waals surface area contributed by atoms with Gasteiger partial charge in [0.1, 0.15) is 13.2 Å². The largest absolute Gasteiger partial charge is 0.486 e. The van der Waals surface area contributed by atoms with Gasteiger partial charge in [-0.2, -0.15) is 0 Å². The highest BCUT2D eigenvalue weighted by Gasteiger charge is 2.18. The van der Waals surface area contributed by atoms with Crippen LogP contribution in [0.4, 0.5) is 0 Å². The quantitative estimate of drug-likeness (QED) is 0.426. The van der Waals surface area contributed by atoms with Crippen LogP contribution in [-0.2, 0) is 6.54 Å². The number of ether oxygens (including phenoxy) is 2. The average molecular weight is 452 g/mol. The summed E-state index contributed by atoms with van der Waals surface area (Å²) in [5.41, 5.74) is 7.08. The molecule has 0 radical (unpaired) electrons. The summed E-state index contributed by atoms with van der Waals surface area (Å²) in [6, 6.07) is 3.79. The molecule has 2 N–H and O–H groups in total. The number of likely N-dealkylation sites (tertiary alicyclic amines) is 1. The molecule has 1 aromatic carbocycles. The summed E-state index contributed by atoms with van der Waals surface area (Å²) in [7, 11) is 0. The number of hydrogen-bond donors (Lipinski definition) is 1. The van der Waals surface area contributed by atoms with E-state index in [9.17, 15) is 0 Å². The lowest BCUT2D eigenvalue weighted by Gasteiger charge is -2.31. The Hall–Kier alpha value is -0.890. The fraction of sp³-hybridized carbons (Fsp3) is 0.562. The summed E-state index contributed by atoms with van der Waals surface area (Å²) in [5, 5.41) is 0.563. The van der Waals surface area contributed by atoms with Crippen LogP contribution in [0.2, 0.25) is 5.02 Å². The van der Waals surface area contributed by atoms with E-state index in [1.165, 1.54) is 12.8 Å². The van der Waals surface area contributed by atoms with E-state index in [2.05, 4.69) is 16.8 Å². The summed E-state index contributed by atoms with van der Waals surface area (Å²) in [4.78, 5) is 6.65. The van der Waals surface area contributed by atoms with Gasteiger partial charge in [-0.1, -0.05) is 18.5 Å². The van der Waals surface area contributed by atoms with Gasteiger partial charge in [0, 0.05) is 13.1 Å². The molecular weight excluding hydrogens is 429 g/mol. The predicted molar refractivity (Wildman–Crippen MR) is 103 cm³/mol. The standard InChI is InChI=1S/C16H22ClN3O2.HI/c1-11-2-4-20(5-3-11)16(18)19-10-12-8-13(17)15-14(9-12)21-6-7-22-15;/h8-9,11H,2-7,10H2,1H3,(H2,18,19);1H. The second kappa shape index (κ2) is 8.28. The molecule has 0 saturated carbocycles. The van der Waals surface area contributed by atoms with E-state index in [0.717, 1.165) is 24.6 Å². The smallest absolute Gasteiger partial charge is 0.191 e. The lowest BCUT2D eigenvalue weighted by molar-refractivity contribution is 0.171. The number of hydrogen-bond acceptors (Lipinski definition) is 3. The zero-order valence-electron chi connectivity index (χ0n) is 13.3. The third-order valence-corrected chi connectivity index (χ3v) is 4.47. The van der Waals surface area contributed by atoms with E-state index >= 15 is 0 Å². The number of fused-ring (bicyclic) bond motifs is 1. The second-order valence-electron chi connectivity index (χ2n) is 5.95. The summed E-state index contributed by atoms with van der Waals surface area (Å²) < 4.78 is 11.1. The molecule has 0 amide bonds.